The summed E-state index contributed by atoms with van der Waals surface area (Å²) < 4.78 is 66.0. The molecule has 0 saturated heterocycles. The van der Waals surface area contributed by atoms with Crippen molar-refractivity contribution in [3.05, 3.63) is 58.2 Å². The number of anilines is 1. The molecule has 0 unspecified atom stereocenters. The average molecular weight is 409 g/mol. The van der Waals surface area contributed by atoms with Crippen LogP contribution in [0.1, 0.15) is 5.56 Å². The molecule has 0 amide bonds. The first-order valence-electron chi connectivity index (χ1n) is 6.73. The summed E-state index contributed by atoms with van der Waals surface area (Å²) in [5.41, 5.74) is -0.663. The van der Waals surface area contributed by atoms with E-state index in [2.05, 4.69) is 9.71 Å². The van der Waals surface area contributed by atoms with Gasteiger partial charge in [-0.2, -0.15) is 13.2 Å². The standard InChI is InChI=1S/C15H9Cl2F3N2O2S/c16-8-3-9(17)5-11(4-8)25(23,24)22-10-1-2-14-12(6-10)13(7-21-14)15(18,19)20/h1-7,21-22H. The van der Waals surface area contributed by atoms with Crippen molar-refractivity contribution < 1.29 is 21.6 Å². The molecule has 2 aromatic carbocycles. The van der Waals surface area contributed by atoms with E-state index >= 15 is 0 Å². The van der Waals surface area contributed by atoms with Crippen molar-refractivity contribution in [3.63, 3.8) is 0 Å². The van der Waals surface area contributed by atoms with Crippen LogP contribution >= 0.6 is 23.2 Å². The summed E-state index contributed by atoms with van der Waals surface area (Å²) in [5, 5.41) is 0.0958. The molecule has 25 heavy (non-hydrogen) atoms. The van der Waals surface area contributed by atoms with Gasteiger partial charge in [0.15, 0.2) is 0 Å². The third kappa shape index (κ3) is 3.70. The Labute approximate surface area is 150 Å². The molecule has 0 bridgehead atoms. The van der Waals surface area contributed by atoms with Gasteiger partial charge in [-0.1, -0.05) is 23.2 Å². The molecule has 0 radical (unpaired) electrons. The van der Waals surface area contributed by atoms with Gasteiger partial charge in [0, 0.05) is 32.8 Å². The highest BCUT2D eigenvalue weighted by molar-refractivity contribution is 7.92. The zero-order valence-corrected chi connectivity index (χ0v) is 14.5. The summed E-state index contributed by atoms with van der Waals surface area (Å²) in [4.78, 5) is 2.30. The molecule has 0 spiro atoms. The molecule has 0 aliphatic rings. The van der Waals surface area contributed by atoms with Crippen LogP contribution in [0.15, 0.2) is 47.5 Å². The highest BCUT2D eigenvalue weighted by atomic mass is 35.5. The topological polar surface area (TPSA) is 62.0 Å². The van der Waals surface area contributed by atoms with E-state index in [1.165, 1.54) is 30.3 Å². The largest absolute Gasteiger partial charge is 0.418 e. The van der Waals surface area contributed by atoms with E-state index in [0.29, 0.717) is 0 Å². The third-order valence-electron chi connectivity index (χ3n) is 3.39. The smallest absolute Gasteiger partial charge is 0.361 e. The zero-order chi connectivity index (χ0) is 18.4. The van der Waals surface area contributed by atoms with Crippen LogP contribution in [0, 0.1) is 0 Å². The monoisotopic (exact) mass is 408 g/mol. The molecule has 0 saturated carbocycles. The second-order valence-corrected chi connectivity index (χ2v) is 7.73. The molecule has 0 aliphatic heterocycles. The summed E-state index contributed by atoms with van der Waals surface area (Å²) in [6.45, 7) is 0. The van der Waals surface area contributed by atoms with Crippen LogP contribution in [0.25, 0.3) is 10.9 Å². The van der Waals surface area contributed by atoms with Crippen LogP contribution in [-0.2, 0) is 16.2 Å². The molecule has 1 heterocycles. The van der Waals surface area contributed by atoms with Crippen molar-refractivity contribution in [3.8, 4) is 0 Å². The SMILES string of the molecule is O=S(=O)(Nc1ccc2[nH]cc(C(F)(F)F)c2c1)c1cc(Cl)cc(Cl)c1. The maximum atomic E-state index is 13.0. The van der Waals surface area contributed by atoms with E-state index < -0.39 is 21.8 Å². The minimum Gasteiger partial charge on any atom is -0.361 e. The van der Waals surface area contributed by atoms with Gasteiger partial charge in [-0.25, -0.2) is 8.42 Å². The van der Waals surface area contributed by atoms with Crippen molar-refractivity contribution in [2.24, 2.45) is 0 Å². The van der Waals surface area contributed by atoms with Crippen LogP contribution in [0.5, 0.6) is 0 Å². The maximum absolute atomic E-state index is 13.0. The summed E-state index contributed by atoms with van der Waals surface area (Å²) in [6.07, 6.45) is -3.73. The Kier molecular flexibility index (Phi) is 4.38. The van der Waals surface area contributed by atoms with E-state index in [-0.39, 0.29) is 31.5 Å². The van der Waals surface area contributed by atoms with Gasteiger partial charge in [-0.05, 0) is 36.4 Å². The summed E-state index contributed by atoms with van der Waals surface area (Å²) in [5.74, 6) is 0. The lowest BCUT2D eigenvalue weighted by molar-refractivity contribution is -0.136. The molecule has 3 rings (SSSR count). The van der Waals surface area contributed by atoms with Crippen molar-refractivity contribution in [1.82, 2.24) is 4.98 Å². The van der Waals surface area contributed by atoms with Crippen LogP contribution < -0.4 is 4.72 Å². The zero-order valence-electron chi connectivity index (χ0n) is 12.2. The summed E-state index contributed by atoms with van der Waals surface area (Å²) in [6, 6.07) is 7.55. The number of hydrogen-bond acceptors (Lipinski definition) is 2. The molecule has 1 aromatic heterocycles. The van der Waals surface area contributed by atoms with Crippen LogP contribution in [0.3, 0.4) is 0 Å². The van der Waals surface area contributed by atoms with Crippen LogP contribution in [-0.4, -0.2) is 13.4 Å². The fraction of sp³-hybridized carbons (Fsp3) is 0.0667. The number of aromatic nitrogens is 1. The number of hydrogen-bond donors (Lipinski definition) is 2. The normalized spacial score (nSPS) is 12.5. The van der Waals surface area contributed by atoms with Gasteiger partial charge in [0.05, 0.1) is 10.5 Å². The molecule has 0 atom stereocenters. The lowest BCUT2D eigenvalue weighted by atomic mass is 10.1. The number of aromatic amines is 1. The Hall–Kier alpha value is -1.90. The van der Waals surface area contributed by atoms with Crippen molar-refractivity contribution in [1.29, 1.82) is 0 Å². The molecule has 3 aromatic rings. The molecular formula is C15H9Cl2F3N2O2S. The predicted octanol–water partition coefficient (Wildman–Crippen LogP) is 5.29. The third-order valence-corrected chi connectivity index (χ3v) is 5.18. The van der Waals surface area contributed by atoms with E-state index in [1.807, 2.05) is 0 Å². The molecule has 4 nitrogen and oxygen atoms in total. The van der Waals surface area contributed by atoms with Crippen LogP contribution in [0.4, 0.5) is 18.9 Å². The van der Waals surface area contributed by atoms with Crippen LogP contribution in [0.2, 0.25) is 10.0 Å². The lowest BCUT2D eigenvalue weighted by Crippen LogP contribution is -2.13. The van der Waals surface area contributed by atoms with E-state index in [1.54, 1.807) is 0 Å². The van der Waals surface area contributed by atoms with Gasteiger partial charge in [0.2, 0.25) is 0 Å². The Balaban J connectivity index is 2.02. The highest BCUT2D eigenvalue weighted by Crippen LogP contribution is 2.36. The van der Waals surface area contributed by atoms with Crippen molar-refractivity contribution in [2.45, 2.75) is 11.1 Å². The number of H-pyrrole nitrogens is 1. The van der Waals surface area contributed by atoms with E-state index in [4.69, 9.17) is 23.2 Å². The second kappa shape index (κ2) is 6.12. The number of sulfonamides is 1. The Morgan fingerprint density at radius 2 is 1.64 bits per heavy atom. The molecular weight excluding hydrogens is 400 g/mol. The van der Waals surface area contributed by atoms with Gasteiger partial charge >= 0.3 is 6.18 Å². The summed E-state index contributed by atoms with van der Waals surface area (Å²) >= 11 is 11.6. The van der Waals surface area contributed by atoms with Gasteiger partial charge in [-0.3, -0.25) is 4.72 Å². The number of halogens is 5. The number of fused-ring (bicyclic) bond motifs is 1. The number of rotatable bonds is 3. The van der Waals surface area contributed by atoms with Gasteiger partial charge in [-0.15, -0.1) is 0 Å². The van der Waals surface area contributed by atoms with Crippen molar-refractivity contribution >= 4 is 49.8 Å². The fourth-order valence-corrected chi connectivity index (χ4v) is 4.09. The lowest BCUT2D eigenvalue weighted by Gasteiger charge is -2.10. The minimum absolute atomic E-state index is 0.0197. The number of benzene rings is 2. The molecule has 0 fully saturated rings. The number of nitrogens with one attached hydrogen (secondary N) is 2. The van der Waals surface area contributed by atoms with Gasteiger partial charge in [0.1, 0.15) is 0 Å². The van der Waals surface area contributed by atoms with Gasteiger partial charge in [0.25, 0.3) is 10.0 Å². The molecule has 2 N–H and O–H groups in total. The first kappa shape index (κ1) is 17.9. The Morgan fingerprint density at radius 1 is 1.00 bits per heavy atom. The quantitative estimate of drug-likeness (QED) is 0.617. The Morgan fingerprint density at radius 3 is 2.24 bits per heavy atom. The van der Waals surface area contributed by atoms with E-state index in [0.717, 1.165) is 12.3 Å². The fourth-order valence-electron chi connectivity index (χ4n) is 2.32. The summed E-state index contributed by atoms with van der Waals surface area (Å²) in [7, 11) is -4.07. The van der Waals surface area contributed by atoms with Crippen molar-refractivity contribution in [2.75, 3.05) is 4.72 Å². The average Bonchev–Trinajstić information content (AvgIpc) is 2.89. The second-order valence-electron chi connectivity index (χ2n) is 5.17. The first-order valence-corrected chi connectivity index (χ1v) is 8.97. The molecule has 132 valence electrons. The molecule has 0 aliphatic carbocycles. The number of alkyl halides is 3. The maximum Gasteiger partial charge on any atom is 0.418 e. The predicted molar refractivity (Wildman–Crippen MR) is 90.6 cm³/mol. The molecule has 10 heteroatoms. The van der Waals surface area contributed by atoms with E-state index in [9.17, 15) is 21.6 Å². The van der Waals surface area contributed by atoms with Gasteiger partial charge < -0.3 is 4.98 Å². The highest BCUT2D eigenvalue weighted by Gasteiger charge is 2.33. The first-order chi connectivity index (χ1) is 11.6. The minimum atomic E-state index is -4.56. The Bertz CT molecular complexity index is 1040.